The molecule has 5 heteroatoms. The molecule has 0 amide bonds. The standard InChI is InChI=1S/C15H22N2O3/c1-11(17(2)9-13-8-16-5-6-18-13)12-3-4-14-15(7-12)20-10-19-14/h3-4,7,11,13,16H,5-6,8-10H2,1-2H3. The van der Waals surface area contributed by atoms with Gasteiger partial charge in [-0.1, -0.05) is 6.07 Å². The van der Waals surface area contributed by atoms with Crippen molar-refractivity contribution in [1.82, 2.24) is 10.2 Å². The van der Waals surface area contributed by atoms with E-state index in [-0.39, 0.29) is 6.10 Å². The number of ether oxygens (including phenoxy) is 3. The summed E-state index contributed by atoms with van der Waals surface area (Å²) in [6.45, 7) is 6.13. The van der Waals surface area contributed by atoms with E-state index in [9.17, 15) is 0 Å². The van der Waals surface area contributed by atoms with Crippen LogP contribution < -0.4 is 14.8 Å². The summed E-state index contributed by atoms with van der Waals surface area (Å²) in [5.41, 5.74) is 1.24. The van der Waals surface area contributed by atoms with Crippen molar-refractivity contribution in [3.8, 4) is 11.5 Å². The van der Waals surface area contributed by atoms with E-state index >= 15 is 0 Å². The van der Waals surface area contributed by atoms with E-state index in [1.807, 2.05) is 6.07 Å². The van der Waals surface area contributed by atoms with Gasteiger partial charge < -0.3 is 19.5 Å². The third-order valence-electron chi connectivity index (χ3n) is 4.04. The largest absolute Gasteiger partial charge is 0.454 e. The van der Waals surface area contributed by atoms with E-state index in [1.54, 1.807) is 0 Å². The van der Waals surface area contributed by atoms with Crippen LogP contribution in [0.5, 0.6) is 11.5 Å². The molecule has 0 bridgehead atoms. The molecule has 2 aliphatic heterocycles. The predicted octanol–water partition coefficient (Wildman–Crippen LogP) is 1.40. The van der Waals surface area contributed by atoms with E-state index < -0.39 is 0 Å². The number of morpholine rings is 1. The SMILES string of the molecule is CC(c1ccc2c(c1)OCO2)N(C)CC1CNCCO1. The van der Waals surface area contributed by atoms with Crippen molar-refractivity contribution in [2.75, 3.05) is 40.1 Å². The fourth-order valence-electron chi connectivity index (χ4n) is 2.64. The van der Waals surface area contributed by atoms with Gasteiger partial charge in [0.1, 0.15) is 0 Å². The molecule has 5 nitrogen and oxygen atoms in total. The first-order chi connectivity index (χ1) is 9.74. The molecule has 2 aliphatic rings. The molecule has 20 heavy (non-hydrogen) atoms. The third-order valence-corrected chi connectivity index (χ3v) is 4.04. The first kappa shape index (κ1) is 13.7. The third kappa shape index (κ3) is 2.90. The smallest absolute Gasteiger partial charge is 0.231 e. The molecular weight excluding hydrogens is 256 g/mol. The van der Waals surface area contributed by atoms with Crippen molar-refractivity contribution < 1.29 is 14.2 Å². The highest BCUT2D eigenvalue weighted by atomic mass is 16.7. The zero-order valence-corrected chi connectivity index (χ0v) is 12.1. The Morgan fingerprint density at radius 2 is 2.20 bits per heavy atom. The molecule has 110 valence electrons. The summed E-state index contributed by atoms with van der Waals surface area (Å²) in [5.74, 6) is 1.68. The van der Waals surface area contributed by atoms with E-state index in [2.05, 4.69) is 36.3 Å². The van der Waals surface area contributed by atoms with Crippen molar-refractivity contribution in [2.24, 2.45) is 0 Å². The van der Waals surface area contributed by atoms with Crippen molar-refractivity contribution in [3.05, 3.63) is 23.8 Å². The molecular formula is C15H22N2O3. The summed E-state index contributed by atoms with van der Waals surface area (Å²) in [7, 11) is 2.13. The zero-order valence-electron chi connectivity index (χ0n) is 12.1. The van der Waals surface area contributed by atoms with E-state index in [0.717, 1.165) is 37.7 Å². The molecule has 0 spiro atoms. The Balaban J connectivity index is 1.63. The summed E-state index contributed by atoms with van der Waals surface area (Å²) < 4.78 is 16.6. The molecule has 0 aliphatic carbocycles. The lowest BCUT2D eigenvalue weighted by molar-refractivity contribution is 0.00393. The summed E-state index contributed by atoms with van der Waals surface area (Å²) in [5, 5.41) is 3.36. The number of hydrogen-bond donors (Lipinski definition) is 1. The van der Waals surface area contributed by atoms with Crippen molar-refractivity contribution in [1.29, 1.82) is 0 Å². The topological polar surface area (TPSA) is 43.0 Å². The quantitative estimate of drug-likeness (QED) is 0.902. The van der Waals surface area contributed by atoms with E-state index in [0.29, 0.717) is 12.8 Å². The molecule has 1 aromatic rings. The number of rotatable bonds is 4. The predicted molar refractivity (Wildman–Crippen MR) is 76.2 cm³/mol. The highest BCUT2D eigenvalue weighted by Gasteiger charge is 2.21. The lowest BCUT2D eigenvalue weighted by Gasteiger charge is -2.31. The van der Waals surface area contributed by atoms with Crippen LogP contribution in [0, 0.1) is 0 Å². The minimum absolute atomic E-state index is 0.269. The van der Waals surface area contributed by atoms with Gasteiger partial charge in [0.05, 0.1) is 12.7 Å². The lowest BCUT2D eigenvalue weighted by atomic mass is 10.1. The Kier molecular flexibility index (Phi) is 4.10. The fourth-order valence-corrected chi connectivity index (χ4v) is 2.64. The van der Waals surface area contributed by atoms with Gasteiger partial charge in [-0.05, 0) is 31.7 Å². The molecule has 2 atom stereocenters. The average molecular weight is 278 g/mol. The molecule has 0 aromatic heterocycles. The first-order valence-electron chi connectivity index (χ1n) is 7.16. The summed E-state index contributed by atoms with van der Waals surface area (Å²) in [4.78, 5) is 2.31. The zero-order chi connectivity index (χ0) is 13.9. The molecule has 1 aromatic carbocycles. The molecule has 2 unspecified atom stereocenters. The van der Waals surface area contributed by atoms with Gasteiger partial charge in [-0.2, -0.15) is 0 Å². The van der Waals surface area contributed by atoms with E-state index in [1.165, 1.54) is 5.56 Å². The first-order valence-corrected chi connectivity index (χ1v) is 7.16. The molecule has 0 saturated carbocycles. The Hall–Kier alpha value is -1.30. The molecule has 1 N–H and O–H groups in total. The Morgan fingerprint density at radius 1 is 1.35 bits per heavy atom. The van der Waals surface area contributed by atoms with E-state index in [4.69, 9.17) is 14.2 Å². The lowest BCUT2D eigenvalue weighted by Crippen LogP contribution is -2.44. The van der Waals surface area contributed by atoms with Gasteiger partial charge in [0.25, 0.3) is 0 Å². The Morgan fingerprint density at radius 3 is 3.00 bits per heavy atom. The second-order valence-corrected chi connectivity index (χ2v) is 5.43. The monoisotopic (exact) mass is 278 g/mol. The van der Waals surface area contributed by atoms with Crippen LogP contribution in [0.25, 0.3) is 0 Å². The van der Waals surface area contributed by atoms with Crippen LogP contribution >= 0.6 is 0 Å². The highest BCUT2D eigenvalue weighted by Crippen LogP contribution is 2.35. The summed E-state index contributed by atoms with van der Waals surface area (Å²) in [6.07, 6.45) is 0.269. The van der Waals surface area contributed by atoms with Gasteiger partial charge in [0.15, 0.2) is 11.5 Å². The number of nitrogens with zero attached hydrogens (tertiary/aromatic N) is 1. The Labute approximate surface area is 119 Å². The number of nitrogens with one attached hydrogen (secondary N) is 1. The number of likely N-dealkylation sites (N-methyl/N-ethyl adjacent to an activating group) is 1. The van der Waals surface area contributed by atoms with Gasteiger partial charge in [-0.3, -0.25) is 4.90 Å². The molecule has 3 rings (SSSR count). The molecule has 2 heterocycles. The van der Waals surface area contributed by atoms with Crippen molar-refractivity contribution in [2.45, 2.75) is 19.1 Å². The van der Waals surface area contributed by atoms with Crippen LogP contribution in [0.4, 0.5) is 0 Å². The van der Waals surface area contributed by atoms with Crippen LogP contribution in [0.1, 0.15) is 18.5 Å². The van der Waals surface area contributed by atoms with Crippen LogP contribution in [0.2, 0.25) is 0 Å². The minimum atomic E-state index is 0.269. The second-order valence-electron chi connectivity index (χ2n) is 5.43. The summed E-state index contributed by atoms with van der Waals surface area (Å²) in [6, 6.07) is 6.48. The number of fused-ring (bicyclic) bond motifs is 1. The molecule has 1 saturated heterocycles. The Bertz CT molecular complexity index is 460. The van der Waals surface area contributed by atoms with Crippen LogP contribution in [-0.2, 0) is 4.74 Å². The van der Waals surface area contributed by atoms with Gasteiger partial charge in [0.2, 0.25) is 6.79 Å². The maximum Gasteiger partial charge on any atom is 0.231 e. The van der Waals surface area contributed by atoms with Crippen molar-refractivity contribution in [3.63, 3.8) is 0 Å². The second kappa shape index (κ2) is 5.99. The normalized spacial score (nSPS) is 23.1. The highest BCUT2D eigenvalue weighted by molar-refractivity contribution is 5.45. The molecule has 0 radical (unpaired) electrons. The number of benzene rings is 1. The van der Waals surface area contributed by atoms with Gasteiger partial charge in [-0.25, -0.2) is 0 Å². The average Bonchev–Trinajstić information content (AvgIpc) is 2.94. The van der Waals surface area contributed by atoms with Crippen molar-refractivity contribution >= 4 is 0 Å². The van der Waals surface area contributed by atoms with Crippen LogP contribution in [0.15, 0.2) is 18.2 Å². The fraction of sp³-hybridized carbons (Fsp3) is 0.600. The van der Waals surface area contributed by atoms with Crippen LogP contribution in [-0.4, -0.2) is 51.1 Å². The van der Waals surface area contributed by atoms with Crippen LogP contribution in [0.3, 0.4) is 0 Å². The summed E-state index contributed by atoms with van der Waals surface area (Å²) >= 11 is 0. The maximum atomic E-state index is 5.76. The number of hydrogen-bond acceptors (Lipinski definition) is 5. The minimum Gasteiger partial charge on any atom is -0.454 e. The van der Waals surface area contributed by atoms with Gasteiger partial charge >= 0.3 is 0 Å². The van der Waals surface area contributed by atoms with Gasteiger partial charge in [0, 0.05) is 25.7 Å². The molecule has 1 fully saturated rings. The van der Waals surface area contributed by atoms with Gasteiger partial charge in [-0.15, -0.1) is 0 Å². The maximum absolute atomic E-state index is 5.76.